The smallest absolute Gasteiger partial charge is 0.329 e. The van der Waals surface area contributed by atoms with Gasteiger partial charge in [-0.3, -0.25) is 0 Å². The maximum atomic E-state index is 2.84. The Morgan fingerprint density at radius 3 is 2.00 bits per heavy atom. The molecule has 0 saturated carbocycles. The Hall–Kier alpha value is -6.36. The monoisotopic (exact) mass is 882 g/mol. The summed E-state index contributed by atoms with van der Waals surface area (Å²) < 4.78 is 5.52. The van der Waals surface area contributed by atoms with Gasteiger partial charge in [0.1, 0.15) is 0 Å². The van der Waals surface area contributed by atoms with Crippen molar-refractivity contribution in [2.24, 2.45) is 0 Å². The number of thiophene rings is 1. The minimum absolute atomic E-state index is 0.0264. The molecule has 0 unspecified atom stereocenters. The average Bonchev–Trinajstić information content (AvgIpc) is 3.94. The molecule has 0 N–H and O–H groups in total. The van der Waals surface area contributed by atoms with E-state index in [2.05, 4.69) is 217 Å². The van der Waals surface area contributed by atoms with Crippen LogP contribution in [0.2, 0.25) is 0 Å². The lowest BCUT2D eigenvalue weighted by Crippen LogP contribution is -2.52. The standard InChI is InChI=1S/C63H55BN2S/c1-60(2,3)38-27-29-49(44(32-38)36-18-11-10-12-19-36)65-50-35-52-53(42-22-15-16-25-51(42)67-52)54-43-24-17-23-40-41-28-26-37-20-13-14-21-39(37)56(41)66(57(40)43)64(55(50)54)59-58(65)45-33-47-48(34-46(45)63(59,8)9)62(6,7)31-30-61(47,4)5/h10-29,32-35H,30-31H2,1-9H3. The molecular formula is C63H55BN2S. The molecule has 2 aromatic heterocycles. The highest BCUT2D eigenvalue weighted by molar-refractivity contribution is 7.26. The highest BCUT2D eigenvalue weighted by Crippen LogP contribution is 2.61. The predicted molar refractivity (Wildman–Crippen MR) is 290 cm³/mol. The molecule has 4 aliphatic rings. The fourth-order valence-electron chi connectivity index (χ4n) is 13.4. The average molecular weight is 883 g/mol. The first-order valence-electron chi connectivity index (χ1n) is 24.5. The third-order valence-electron chi connectivity index (χ3n) is 17.0. The van der Waals surface area contributed by atoms with Crippen molar-refractivity contribution >= 4 is 93.5 Å². The second-order valence-electron chi connectivity index (χ2n) is 23.1. The van der Waals surface area contributed by atoms with Crippen molar-refractivity contribution < 1.29 is 0 Å². The summed E-state index contributed by atoms with van der Waals surface area (Å²) in [4.78, 5) is 2.78. The van der Waals surface area contributed by atoms with Crippen LogP contribution < -0.4 is 10.4 Å². The molecule has 0 amide bonds. The van der Waals surface area contributed by atoms with Crippen molar-refractivity contribution in [1.29, 1.82) is 0 Å². The van der Waals surface area contributed by atoms with Crippen molar-refractivity contribution in [2.75, 3.05) is 4.90 Å². The van der Waals surface area contributed by atoms with Crippen LogP contribution in [0.3, 0.4) is 0 Å². The van der Waals surface area contributed by atoms with Gasteiger partial charge in [-0.05, 0) is 109 Å². The Morgan fingerprint density at radius 2 is 1.22 bits per heavy atom. The number of benzene rings is 8. The second-order valence-corrected chi connectivity index (χ2v) is 24.2. The minimum atomic E-state index is -0.320. The zero-order valence-corrected chi connectivity index (χ0v) is 41.0. The van der Waals surface area contributed by atoms with Crippen LogP contribution >= 0.6 is 11.3 Å². The van der Waals surface area contributed by atoms with Crippen LogP contribution in [0.15, 0.2) is 151 Å². The predicted octanol–water partition coefficient (Wildman–Crippen LogP) is 16.7. The third-order valence-corrected chi connectivity index (χ3v) is 18.1. The second kappa shape index (κ2) is 13.0. The summed E-state index contributed by atoms with van der Waals surface area (Å²) in [6.07, 6.45) is 2.36. The molecule has 326 valence electrons. The molecule has 0 atom stereocenters. The van der Waals surface area contributed by atoms with Crippen molar-refractivity contribution in [3.05, 3.63) is 179 Å². The van der Waals surface area contributed by atoms with E-state index in [4.69, 9.17) is 0 Å². The molecule has 2 nitrogen and oxygen atoms in total. The Labute approximate surface area is 398 Å². The van der Waals surface area contributed by atoms with Crippen LogP contribution in [-0.2, 0) is 21.7 Å². The lowest BCUT2D eigenvalue weighted by molar-refractivity contribution is 0.331. The van der Waals surface area contributed by atoms with Crippen molar-refractivity contribution in [3.8, 4) is 22.3 Å². The van der Waals surface area contributed by atoms with Gasteiger partial charge in [-0.2, -0.15) is 0 Å². The van der Waals surface area contributed by atoms with Gasteiger partial charge in [-0.15, -0.1) is 11.3 Å². The molecule has 4 heteroatoms. The fraction of sp³-hybridized carbons (Fsp3) is 0.238. The van der Waals surface area contributed by atoms with E-state index in [0.29, 0.717) is 0 Å². The quantitative estimate of drug-likeness (QED) is 0.157. The molecule has 2 aliphatic carbocycles. The van der Waals surface area contributed by atoms with Gasteiger partial charge >= 0.3 is 6.85 Å². The van der Waals surface area contributed by atoms with E-state index in [1.165, 1.54) is 144 Å². The van der Waals surface area contributed by atoms with Crippen LogP contribution in [0.5, 0.6) is 0 Å². The van der Waals surface area contributed by atoms with Crippen LogP contribution in [0.4, 0.5) is 11.4 Å². The fourth-order valence-corrected chi connectivity index (χ4v) is 14.5. The zero-order chi connectivity index (χ0) is 45.7. The lowest BCUT2D eigenvalue weighted by Gasteiger charge is -2.43. The molecule has 0 fully saturated rings. The first-order valence-corrected chi connectivity index (χ1v) is 25.3. The molecule has 14 rings (SSSR count). The van der Waals surface area contributed by atoms with Gasteiger partial charge in [-0.25, -0.2) is 0 Å². The number of nitrogens with zero attached hydrogens (tertiary/aromatic N) is 2. The maximum Gasteiger partial charge on any atom is 0.329 e. The highest BCUT2D eigenvalue weighted by Gasteiger charge is 2.55. The molecule has 0 saturated heterocycles. The van der Waals surface area contributed by atoms with Crippen LogP contribution in [0, 0.1) is 0 Å². The van der Waals surface area contributed by atoms with Crippen LogP contribution in [0.25, 0.3) is 80.7 Å². The van der Waals surface area contributed by atoms with E-state index in [-0.39, 0.29) is 28.5 Å². The number of allylic oxidation sites excluding steroid dienone is 1. The number of anilines is 2. The Kier molecular flexibility index (Phi) is 7.71. The van der Waals surface area contributed by atoms with E-state index in [9.17, 15) is 0 Å². The molecule has 0 spiro atoms. The minimum Gasteiger partial charge on any atom is -0.375 e. The number of para-hydroxylation sites is 1. The van der Waals surface area contributed by atoms with E-state index in [1.807, 2.05) is 11.3 Å². The van der Waals surface area contributed by atoms with E-state index < -0.39 is 0 Å². The van der Waals surface area contributed by atoms with Crippen LogP contribution in [-0.4, -0.2) is 11.3 Å². The maximum absolute atomic E-state index is 2.84. The Balaban J connectivity index is 1.22. The van der Waals surface area contributed by atoms with Crippen molar-refractivity contribution in [1.82, 2.24) is 4.48 Å². The number of hydrogen-bond acceptors (Lipinski definition) is 2. The summed E-state index contributed by atoms with van der Waals surface area (Å²) in [5.41, 5.74) is 21.8. The normalized spacial score (nSPS) is 17.4. The molecule has 8 aromatic carbocycles. The highest BCUT2D eigenvalue weighted by atomic mass is 32.1. The first kappa shape index (κ1) is 39.8. The van der Waals surface area contributed by atoms with E-state index in [0.717, 1.165) is 0 Å². The van der Waals surface area contributed by atoms with Crippen molar-refractivity contribution in [2.45, 2.75) is 96.8 Å². The molecule has 67 heavy (non-hydrogen) atoms. The van der Waals surface area contributed by atoms with Gasteiger partial charge < -0.3 is 9.38 Å². The summed E-state index contributed by atoms with van der Waals surface area (Å²) in [5, 5.41) is 8.00. The van der Waals surface area contributed by atoms with E-state index in [1.54, 1.807) is 0 Å². The largest absolute Gasteiger partial charge is 0.375 e. The van der Waals surface area contributed by atoms with Gasteiger partial charge in [0.25, 0.3) is 0 Å². The number of aromatic nitrogens is 1. The van der Waals surface area contributed by atoms with Gasteiger partial charge in [0.15, 0.2) is 0 Å². The summed E-state index contributed by atoms with van der Waals surface area (Å²) >= 11 is 1.95. The van der Waals surface area contributed by atoms with Crippen molar-refractivity contribution in [3.63, 3.8) is 0 Å². The van der Waals surface area contributed by atoms with Gasteiger partial charge in [0.05, 0.1) is 5.69 Å². The molecular weight excluding hydrogens is 828 g/mol. The first-order chi connectivity index (χ1) is 32.1. The van der Waals surface area contributed by atoms with Gasteiger partial charge in [-0.1, -0.05) is 178 Å². The molecule has 0 bridgehead atoms. The van der Waals surface area contributed by atoms with Gasteiger partial charge in [0.2, 0.25) is 0 Å². The summed E-state index contributed by atoms with van der Waals surface area (Å²) in [6, 6.07) is 56.7. The van der Waals surface area contributed by atoms with E-state index >= 15 is 0 Å². The zero-order valence-electron chi connectivity index (χ0n) is 40.2. The molecule has 0 radical (unpaired) electrons. The molecule has 2 aliphatic heterocycles. The Bertz CT molecular complexity index is 3890. The third kappa shape index (κ3) is 5.13. The van der Waals surface area contributed by atoms with Gasteiger partial charge in [0, 0.05) is 80.9 Å². The lowest BCUT2D eigenvalue weighted by atomic mass is 9.40. The molecule has 10 aromatic rings. The number of rotatable bonds is 2. The molecule has 4 heterocycles. The Morgan fingerprint density at radius 1 is 0.537 bits per heavy atom. The number of hydrogen-bond donors (Lipinski definition) is 0. The summed E-state index contributed by atoms with van der Waals surface area (Å²) in [5.74, 6) is 0. The number of fused-ring (bicyclic) bond motifs is 15. The summed E-state index contributed by atoms with van der Waals surface area (Å²) in [7, 11) is 0. The topological polar surface area (TPSA) is 8.17 Å². The summed E-state index contributed by atoms with van der Waals surface area (Å²) in [6.45, 7) is 22.1. The van der Waals surface area contributed by atoms with Crippen LogP contribution in [0.1, 0.15) is 103 Å². The SMILES string of the molecule is CC(C)(C)c1ccc(N2C3=C(B4c5c2cc2sc6ccccc6c2c5-c2cccc5c6ccc7ccccc7c6n4c25)C(C)(C)c2cc4c(cc23)C(C)(C)CCC4(C)C)c(-c2ccccc2)c1.